The number of halogens is 1. The number of nitrogens with zero attached hydrogens (tertiary/aromatic N) is 6. The zero-order chi connectivity index (χ0) is 28.1. The van der Waals surface area contributed by atoms with Gasteiger partial charge in [0.15, 0.2) is 0 Å². The second-order valence-electron chi connectivity index (χ2n) is 11.6. The smallest absolute Gasteiger partial charge is 0.139 e. The normalized spacial score (nSPS) is 14.6. The monoisotopic (exact) mass is 562 g/mol. The minimum atomic E-state index is -1.18. The SMILES string of the molecule is Cc1cccc(-c2nn(COCC[Si](C)(C)C)cc2-c2ccc(F)c(-c3cnn(CCN4CCOCC4)c3)c2)n1. The van der Waals surface area contributed by atoms with Crippen molar-refractivity contribution in [2.24, 2.45) is 0 Å². The molecule has 3 aromatic heterocycles. The van der Waals surface area contributed by atoms with Gasteiger partial charge in [-0.25, -0.2) is 9.07 Å². The Morgan fingerprint density at radius 3 is 2.58 bits per heavy atom. The van der Waals surface area contributed by atoms with Crippen molar-refractivity contribution in [1.82, 2.24) is 29.4 Å². The zero-order valence-corrected chi connectivity index (χ0v) is 24.9. The van der Waals surface area contributed by atoms with Crippen molar-refractivity contribution < 1.29 is 13.9 Å². The maximum absolute atomic E-state index is 15.1. The van der Waals surface area contributed by atoms with Crippen LogP contribution in [0.5, 0.6) is 0 Å². The number of pyridine rings is 1. The van der Waals surface area contributed by atoms with Gasteiger partial charge in [0.1, 0.15) is 18.2 Å². The summed E-state index contributed by atoms with van der Waals surface area (Å²) in [7, 11) is -1.18. The fourth-order valence-corrected chi connectivity index (χ4v) is 5.46. The molecule has 10 heteroatoms. The van der Waals surface area contributed by atoms with E-state index in [0.717, 1.165) is 79.2 Å². The Morgan fingerprint density at radius 1 is 0.975 bits per heavy atom. The highest BCUT2D eigenvalue weighted by molar-refractivity contribution is 6.76. The van der Waals surface area contributed by atoms with E-state index >= 15 is 4.39 Å². The van der Waals surface area contributed by atoms with Crippen LogP contribution >= 0.6 is 0 Å². The number of benzene rings is 1. The lowest BCUT2D eigenvalue weighted by Gasteiger charge is -2.26. The van der Waals surface area contributed by atoms with Crippen LogP contribution in [0.25, 0.3) is 33.6 Å². The summed E-state index contributed by atoms with van der Waals surface area (Å²) < 4.78 is 30.2. The lowest BCUT2D eigenvalue weighted by Crippen LogP contribution is -2.38. The van der Waals surface area contributed by atoms with Crippen molar-refractivity contribution in [3.63, 3.8) is 0 Å². The van der Waals surface area contributed by atoms with Gasteiger partial charge < -0.3 is 9.47 Å². The molecule has 0 amide bonds. The average Bonchev–Trinajstić information content (AvgIpc) is 3.58. The second kappa shape index (κ2) is 12.6. The highest BCUT2D eigenvalue weighted by Crippen LogP contribution is 2.34. The third-order valence-corrected chi connectivity index (χ3v) is 8.79. The molecular formula is C30H39FN6O2Si. The summed E-state index contributed by atoms with van der Waals surface area (Å²) in [6, 6.07) is 12.2. The predicted octanol–water partition coefficient (Wildman–Crippen LogP) is 5.57. The molecule has 4 aromatic rings. The van der Waals surface area contributed by atoms with E-state index in [9.17, 15) is 0 Å². The van der Waals surface area contributed by atoms with Gasteiger partial charge in [0.25, 0.3) is 0 Å². The lowest BCUT2D eigenvalue weighted by molar-refractivity contribution is 0.0360. The third kappa shape index (κ3) is 7.31. The molecule has 0 N–H and O–H groups in total. The van der Waals surface area contributed by atoms with Crippen LogP contribution in [0.1, 0.15) is 5.69 Å². The zero-order valence-electron chi connectivity index (χ0n) is 23.9. The molecule has 1 aromatic carbocycles. The van der Waals surface area contributed by atoms with Gasteiger partial charge in [-0.15, -0.1) is 0 Å². The van der Waals surface area contributed by atoms with E-state index in [-0.39, 0.29) is 5.82 Å². The number of rotatable bonds is 11. The van der Waals surface area contributed by atoms with Crippen molar-refractivity contribution in [3.05, 3.63) is 66.5 Å². The van der Waals surface area contributed by atoms with E-state index in [1.807, 2.05) is 52.9 Å². The van der Waals surface area contributed by atoms with Crippen molar-refractivity contribution in [2.75, 3.05) is 39.5 Å². The number of hydrogen-bond donors (Lipinski definition) is 0. The van der Waals surface area contributed by atoms with Gasteiger partial charge in [0.05, 0.1) is 31.6 Å². The molecular weight excluding hydrogens is 523 g/mol. The molecule has 0 spiro atoms. The summed E-state index contributed by atoms with van der Waals surface area (Å²) in [5, 5.41) is 9.36. The molecule has 212 valence electrons. The Balaban J connectivity index is 1.40. The first kappa shape index (κ1) is 28.3. The Morgan fingerprint density at radius 2 is 1.80 bits per heavy atom. The first-order valence-electron chi connectivity index (χ1n) is 14.0. The van der Waals surface area contributed by atoms with Crippen LogP contribution in [-0.2, 0) is 22.7 Å². The van der Waals surface area contributed by atoms with E-state index < -0.39 is 8.07 Å². The molecule has 0 saturated carbocycles. The summed E-state index contributed by atoms with van der Waals surface area (Å²) in [6.45, 7) is 15.1. The highest BCUT2D eigenvalue weighted by atomic mass is 28.3. The van der Waals surface area contributed by atoms with E-state index in [1.165, 1.54) is 6.07 Å². The van der Waals surface area contributed by atoms with Gasteiger partial charge in [-0.2, -0.15) is 10.2 Å². The van der Waals surface area contributed by atoms with Gasteiger partial charge in [0, 0.05) is 69.1 Å². The van der Waals surface area contributed by atoms with Crippen LogP contribution in [0.3, 0.4) is 0 Å². The van der Waals surface area contributed by atoms with Crippen LogP contribution in [-0.4, -0.2) is 77.0 Å². The Hall–Kier alpha value is -3.18. The van der Waals surface area contributed by atoms with Crippen molar-refractivity contribution in [1.29, 1.82) is 0 Å². The van der Waals surface area contributed by atoms with Crippen LogP contribution in [0.15, 0.2) is 55.0 Å². The molecule has 0 unspecified atom stereocenters. The minimum absolute atomic E-state index is 0.284. The number of morpholine rings is 1. The number of hydrogen-bond acceptors (Lipinski definition) is 6. The maximum atomic E-state index is 15.1. The first-order chi connectivity index (χ1) is 19.2. The molecule has 1 aliphatic rings. The number of aromatic nitrogens is 5. The molecule has 1 fully saturated rings. The molecule has 8 nitrogen and oxygen atoms in total. The van der Waals surface area contributed by atoms with E-state index in [4.69, 9.17) is 19.6 Å². The van der Waals surface area contributed by atoms with Crippen LogP contribution < -0.4 is 0 Å². The third-order valence-electron chi connectivity index (χ3n) is 7.08. The standard InChI is InChI=1S/C30H39FN6O2Si/c1-23-6-5-7-29(33-23)30-27(21-37(34-30)22-39-16-17-40(2,3)4)24-8-9-28(31)26(18-24)25-19-32-36(20-25)11-10-35-12-14-38-15-13-35/h5-9,18-21H,10-17,22H2,1-4H3. The topological polar surface area (TPSA) is 70.2 Å². The van der Waals surface area contributed by atoms with Crippen molar-refractivity contribution in [3.8, 4) is 33.6 Å². The van der Waals surface area contributed by atoms with Gasteiger partial charge in [0.2, 0.25) is 0 Å². The quantitative estimate of drug-likeness (QED) is 0.176. The first-order valence-corrected chi connectivity index (χ1v) is 17.7. The summed E-state index contributed by atoms with van der Waals surface area (Å²) in [4.78, 5) is 7.08. The maximum Gasteiger partial charge on any atom is 0.139 e. The van der Waals surface area contributed by atoms with Gasteiger partial charge in [-0.1, -0.05) is 31.8 Å². The van der Waals surface area contributed by atoms with Gasteiger partial charge in [-0.05, 0) is 42.8 Å². The van der Waals surface area contributed by atoms with Gasteiger partial charge >= 0.3 is 0 Å². The summed E-state index contributed by atoms with van der Waals surface area (Å²) in [5.41, 5.74) is 5.44. The Labute approximate surface area is 236 Å². The molecule has 1 saturated heterocycles. The molecule has 0 aliphatic carbocycles. The van der Waals surface area contributed by atoms with Crippen molar-refractivity contribution >= 4 is 8.07 Å². The second-order valence-corrected chi connectivity index (χ2v) is 17.2. The Kier molecular flexibility index (Phi) is 8.90. The van der Waals surface area contributed by atoms with E-state index in [2.05, 4.69) is 29.6 Å². The van der Waals surface area contributed by atoms with E-state index in [1.54, 1.807) is 12.3 Å². The molecule has 0 atom stereocenters. The van der Waals surface area contributed by atoms with Crippen LogP contribution in [0, 0.1) is 12.7 Å². The largest absolute Gasteiger partial charge is 0.379 e. The summed E-state index contributed by atoms with van der Waals surface area (Å²) in [6.07, 6.45) is 5.62. The Bertz CT molecular complexity index is 1420. The fourth-order valence-electron chi connectivity index (χ4n) is 4.71. The lowest BCUT2D eigenvalue weighted by atomic mass is 9.99. The molecule has 0 bridgehead atoms. The molecule has 5 rings (SSSR count). The van der Waals surface area contributed by atoms with Crippen molar-refractivity contribution in [2.45, 2.75) is 45.9 Å². The average molecular weight is 563 g/mol. The van der Waals surface area contributed by atoms with Crippen LogP contribution in [0.2, 0.25) is 25.7 Å². The predicted molar refractivity (Wildman–Crippen MR) is 158 cm³/mol. The van der Waals surface area contributed by atoms with E-state index in [0.29, 0.717) is 18.9 Å². The summed E-state index contributed by atoms with van der Waals surface area (Å²) in [5.74, 6) is -0.284. The molecule has 4 heterocycles. The summed E-state index contributed by atoms with van der Waals surface area (Å²) >= 11 is 0. The minimum Gasteiger partial charge on any atom is -0.379 e. The number of aryl methyl sites for hydroxylation is 1. The number of ether oxygens (including phenoxy) is 2. The molecule has 0 radical (unpaired) electrons. The molecule has 1 aliphatic heterocycles. The van der Waals surface area contributed by atoms with Crippen LogP contribution in [0.4, 0.5) is 4.39 Å². The van der Waals surface area contributed by atoms with Gasteiger partial charge in [-0.3, -0.25) is 14.6 Å². The highest BCUT2D eigenvalue weighted by Gasteiger charge is 2.18. The fraction of sp³-hybridized carbons (Fsp3) is 0.433. The molecule has 40 heavy (non-hydrogen) atoms.